The van der Waals surface area contributed by atoms with Crippen LogP contribution in [0.15, 0.2) is 0 Å². The van der Waals surface area contributed by atoms with Crippen LogP contribution in [0.4, 0.5) is 5.69 Å². The highest BCUT2D eigenvalue weighted by atomic mass is 16.6. The number of carbonyl (C=O) groups is 2. The maximum Gasteiger partial charge on any atom is 0.323 e. The Morgan fingerprint density at radius 3 is 2.65 bits per heavy atom. The van der Waals surface area contributed by atoms with Gasteiger partial charge >= 0.3 is 11.7 Å². The number of nitrogens with zero attached hydrogens (tertiary/aromatic N) is 3. The van der Waals surface area contributed by atoms with Gasteiger partial charge in [0.25, 0.3) is 5.91 Å². The molecule has 17 heavy (non-hydrogen) atoms. The molecule has 0 aliphatic heterocycles. The summed E-state index contributed by atoms with van der Waals surface area (Å²) < 4.78 is 0. The number of nitro groups is 1. The van der Waals surface area contributed by atoms with E-state index in [0.29, 0.717) is 0 Å². The molecular weight excluding hydrogens is 232 g/mol. The molecule has 0 unspecified atom stereocenters. The molecule has 0 aliphatic rings. The van der Waals surface area contributed by atoms with Crippen LogP contribution in [0.1, 0.15) is 16.2 Å². The highest BCUT2D eigenvalue weighted by molar-refractivity contribution is 5.97. The van der Waals surface area contributed by atoms with Crippen LogP contribution in [-0.2, 0) is 4.79 Å². The van der Waals surface area contributed by atoms with Crippen molar-refractivity contribution in [3.8, 4) is 0 Å². The van der Waals surface area contributed by atoms with E-state index in [1.807, 2.05) is 0 Å². The summed E-state index contributed by atoms with van der Waals surface area (Å²) in [6, 6.07) is 0. The predicted molar refractivity (Wildman–Crippen MR) is 54.6 cm³/mol. The van der Waals surface area contributed by atoms with Gasteiger partial charge in [0.2, 0.25) is 5.69 Å². The van der Waals surface area contributed by atoms with Crippen molar-refractivity contribution in [2.75, 3.05) is 13.6 Å². The molecule has 0 fully saturated rings. The Bertz CT molecular complexity index is 480. The monoisotopic (exact) mass is 242 g/mol. The molecule has 92 valence electrons. The standard InChI is InChI=1S/C8H10N4O5/c1-4-7(12(16)17)6(10-9-4)8(15)11(2)3-5(13)14/h3H2,1-2H3,(H,9,10)(H,13,14). The summed E-state index contributed by atoms with van der Waals surface area (Å²) >= 11 is 0. The molecular formula is C8H10N4O5. The number of nitrogens with one attached hydrogen (secondary N) is 1. The van der Waals surface area contributed by atoms with Crippen molar-refractivity contribution >= 4 is 17.6 Å². The maximum atomic E-state index is 11.7. The van der Waals surface area contributed by atoms with E-state index in [9.17, 15) is 19.7 Å². The predicted octanol–water partition coefficient (Wildman–Crippen LogP) is -0.217. The number of aryl methyl sites for hydroxylation is 1. The number of likely N-dealkylation sites (N-methyl/N-ethyl adjacent to an activating group) is 1. The molecule has 0 saturated heterocycles. The van der Waals surface area contributed by atoms with Crippen LogP contribution in [-0.4, -0.2) is 50.6 Å². The summed E-state index contributed by atoms with van der Waals surface area (Å²) in [6.07, 6.45) is 0. The molecule has 9 heteroatoms. The third kappa shape index (κ3) is 2.56. The quantitative estimate of drug-likeness (QED) is 0.554. The lowest BCUT2D eigenvalue weighted by molar-refractivity contribution is -0.385. The van der Waals surface area contributed by atoms with Gasteiger partial charge in [-0.2, -0.15) is 5.10 Å². The number of aromatic nitrogens is 2. The van der Waals surface area contributed by atoms with Crippen molar-refractivity contribution in [2.45, 2.75) is 6.92 Å². The maximum absolute atomic E-state index is 11.7. The van der Waals surface area contributed by atoms with Gasteiger partial charge in [-0.1, -0.05) is 0 Å². The fraction of sp³-hybridized carbons (Fsp3) is 0.375. The summed E-state index contributed by atoms with van der Waals surface area (Å²) in [7, 11) is 1.23. The molecule has 1 aromatic heterocycles. The number of carbonyl (C=O) groups excluding carboxylic acids is 1. The Labute approximate surface area is 95.2 Å². The van der Waals surface area contributed by atoms with E-state index in [-0.39, 0.29) is 5.69 Å². The van der Waals surface area contributed by atoms with Gasteiger partial charge in [-0.3, -0.25) is 24.8 Å². The van der Waals surface area contributed by atoms with Crippen molar-refractivity contribution < 1.29 is 19.6 Å². The molecule has 0 spiro atoms. The average molecular weight is 242 g/mol. The summed E-state index contributed by atoms with van der Waals surface area (Å²) in [5, 5.41) is 25.1. The first-order valence-electron chi connectivity index (χ1n) is 4.51. The van der Waals surface area contributed by atoms with Gasteiger partial charge in [0.05, 0.1) is 4.92 Å². The van der Waals surface area contributed by atoms with Crippen LogP contribution in [0.5, 0.6) is 0 Å². The first-order chi connectivity index (χ1) is 7.84. The van der Waals surface area contributed by atoms with Gasteiger partial charge in [0, 0.05) is 7.05 Å². The highest BCUT2D eigenvalue weighted by Crippen LogP contribution is 2.21. The second-order valence-corrected chi connectivity index (χ2v) is 3.36. The zero-order chi connectivity index (χ0) is 13.2. The normalized spacial score (nSPS) is 10.0. The molecule has 0 saturated carbocycles. The second-order valence-electron chi connectivity index (χ2n) is 3.36. The molecule has 0 aliphatic carbocycles. The van der Waals surface area contributed by atoms with Gasteiger partial charge < -0.3 is 10.0 Å². The number of hydrogen-bond donors (Lipinski definition) is 2. The molecule has 0 bridgehead atoms. The van der Waals surface area contributed by atoms with Crippen LogP contribution in [0, 0.1) is 17.0 Å². The fourth-order valence-electron chi connectivity index (χ4n) is 1.25. The van der Waals surface area contributed by atoms with Gasteiger partial charge in [-0.05, 0) is 6.92 Å². The molecule has 1 rings (SSSR count). The van der Waals surface area contributed by atoms with Crippen LogP contribution >= 0.6 is 0 Å². The number of aromatic amines is 1. The molecule has 1 aromatic rings. The van der Waals surface area contributed by atoms with E-state index in [2.05, 4.69) is 10.2 Å². The summed E-state index contributed by atoms with van der Waals surface area (Å²) in [4.78, 5) is 32.9. The number of carboxylic acid groups (broad SMARTS) is 1. The number of amides is 1. The minimum atomic E-state index is -1.21. The van der Waals surface area contributed by atoms with Crippen molar-refractivity contribution in [3.63, 3.8) is 0 Å². The molecule has 2 N–H and O–H groups in total. The fourth-order valence-corrected chi connectivity index (χ4v) is 1.25. The van der Waals surface area contributed by atoms with E-state index in [4.69, 9.17) is 5.11 Å². The molecule has 0 radical (unpaired) electrons. The number of hydrogen-bond acceptors (Lipinski definition) is 5. The van der Waals surface area contributed by atoms with Crippen molar-refractivity contribution in [3.05, 3.63) is 21.5 Å². The largest absolute Gasteiger partial charge is 0.480 e. The van der Waals surface area contributed by atoms with Crippen LogP contribution < -0.4 is 0 Å². The van der Waals surface area contributed by atoms with Gasteiger partial charge in [-0.25, -0.2) is 0 Å². The lowest BCUT2D eigenvalue weighted by atomic mass is 10.3. The number of carboxylic acids is 1. The third-order valence-electron chi connectivity index (χ3n) is 2.02. The van der Waals surface area contributed by atoms with Crippen LogP contribution in [0.3, 0.4) is 0 Å². The van der Waals surface area contributed by atoms with E-state index < -0.39 is 34.7 Å². The van der Waals surface area contributed by atoms with E-state index >= 15 is 0 Å². The van der Waals surface area contributed by atoms with Crippen LogP contribution in [0.2, 0.25) is 0 Å². The number of aliphatic carboxylic acids is 1. The van der Waals surface area contributed by atoms with Crippen molar-refractivity contribution in [1.29, 1.82) is 0 Å². The average Bonchev–Trinajstić information content (AvgIpc) is 2.57. The van der Waals surface area contributed by atoms with Gasteiger partial charge in [0.1, 0.15) is 12.2 Å². The minimum absolute atomic E-state index is 0.141. The summed E-state index contributed by atoms with van der Waals surface area (Å²) in [5.74, 6) is -2.03. The van der Waals surface area contributed by atoms with E-state index in [1.54, 1.807) is 0 Å². The molecule has 0 atom stereocenters. The van der Waals surface area contributed by atoms with Gasteiger partial charge in [-0.15, -0.1) is 0 Å². The Morgan fingerprint density at radius 2 is 2.18 bits per heavy atom. The number of H-pyrrole nitrogens is 1. The van der Waals surface area contributed by atoms with Crippen molar-refractivity contribution in [1.82, 2.24) is 15.1 Å². The first kappa shape index (κ1) is 12.6. The number of rotatable bonds is 4. The van der Waals surface area contributed by atoms with Crippen molar-refractivity contribution in [2.24, 2.45) is 0 Å². The Balaban J connectivity index is 3.04. The zero-order valence-electron chi connectivity index (χ0n) is 9.13. The zero-order valence-corrected chi connectivity index (χ0v) is 9.13. The van der Waals surface area contributed by atoms with Gasteiger partial charge in [0.15, 0.2) is 0 Å². The SMILES string of the molecule is Cc1[nH]nc(C(=O)N(C)CC(=O)O)c1[N+](=O)[O-]. The lowest BCUT2D eigenvalue weighted by Gasteiger charge is -2.11. The smallest absolute Gasteiger partial charge is 0.323 e. The summed E-state index contributed by atoms with van der Waals surface area (Å²) in [5.41, 5.74) is -0.689. The van der Waals surface area contributed by atoms with E-state index in [0.717, 1.165) is 4.90 Å². The molecule has 1 heterocycles. The van der Waals surface area contributed by atoms with Crippen LogP contribution in [0.25, 0.3) is 0 Å². The third-order valence-corrected chi connectivity index (χ3v) is 2.02. The Hall–Kier alpha value is -2.45. The molecule has 0 aromatic carbocycles. The topological polar surface area (TPSA) is 129 Å². The Morgan fingerprint density at radius 1 is 1.59 bits per heavy atom. The minimum Gasteiger partial charge on any atom is -0.480 e. The molecule has 1 amide bonds. The highest BCUT2D eigenvalue weighted by Gasteiger charge is 2.29. The molecule has 9 nitrogen and oxygen atoms in total. The first-order valence-corrected chi connectivity index (χ1v) is 4.51. The lowest BCUT2D eigenvalue weighted by Crippen LogP contribution is -2.32. The summed E-state index contributed by atoms with van der Waals surface area (Å²) in [6.45, 7) is 0.848. The van der Waals surface area contributed by atoms with E-state index in [1.165, 1.54) is 14.0 Å². The Kier molecular flexibility index (Phi) is 3.41. The second kappa shape index (κ2) is 4.60.